The van der Waals surface area contributed by atoms with Gasteiger partial charge in [0.15, 0.2) is 0 Å². The van der Waals surface area contributed by atoms with E-state index >= 15 is 0 Å². The molecule has 3 aliphatic carbocycles. The standard InChI is InChI=1S/C32H36/c1-19(2)25-11-9-21(5)31-27(15-23(7)29(31)17-25)13-14-28-16-24(8)30-18-26(20(3)4)12-10-22(6)32(28)30/h9-20H,1-8H3/q+2/b27-13+. The molecular formula is C32H36+2. The van der Waals surface area contributed by atoms with Crippen LogP contribution >= 0.6 is 0 Å². The van der Waals surface area contributed by atoms with Crippen molar-refractivity contribution in [1.82, 2.24) is 0 Å². The van der Waals surface area contributed by atoms with Gasteiger partial charge in [-0.2, -0.15) is 0 Å². The summed E-state index contributed by atoms with van der Waals surface area (Å²) in [6, 6.07) is 16.3. The minimum Gasteiger partial charge on any atom is -0.0587 e. The number of hydrogen-bond acceptors (Lipinski definition) is 0. The van der Waals surface area contributed by atoms with Gasteiger partial charge in [0.2, 0.25) is 0 Å². The molecule has 0 spiro atoms. The lowest BCUT2D eigenvalue weighted by molar-refractivity contribution is 0.868. The van der Waals surface area contributed by atoms with Crippen LogP contribution in [0.25, 0.3) is 22.3 Å². The molecule has 0 N–H and O–H groups in total. The molecule has 0 aliphatic heterocycles. The highest BCUT2D eigenvalue weighted by Gasteiger charge is 2.29. The summed E-state index contributed by atoms with van der Waals surface area (Å²) in [6.45, 7) is 18.0. The number of hydrogen-bond donors (Lipinski definition) is 0. The monoisotopic (exact) mass is 420 g/mol. The maximum absolute atomic E-state index is 2.39. The number of aryl methyl sites for hydroxylation is 3. The first-order valence-corrected chi connectivity index (χ1v) is 11.9. The van der Waals surface area contributed by atoms with Crippen LogP contribution in [0.2, 0.25) is 0 Å². The fourth-order valence-electron chi connectivity index (χ4n) is 4.92. The van der Waals surface area contributed by atoms with Crippen LogP contribution in [0, 0.1) is 27.2 Å². The summed E-state index contributed by atoms with van der Waals surface area (Å²) in [5.41, 5.74) is 16.3. The highest BCUT2D eigenvalue weighted by molar-refractivity contribution is 5.96. The highest BCUT2D eigenvalue weighted by atomic mass is 14.2. The molecule has 0 heteroatoms. The zero-order chi connectivity index (χ0) is 23.2. The van der Waals surface area contributed by atoms with Crippen LogP contribution in [-0.4, -0.2) is 0 Å². The van der Waals surface area contributed by atoms with Crippen LogP contribution in [0.1, 0.15) is 91.0 Å². The first-order chi connectivity index (χ1) is 15.2. The van der Waals surface area contributed by atoms with Crippen molar-refractivity contribution in [3.05, 3.63) is 106 Å². The first-order valence-electron chi connectivity index (χ1n) is 11.9. The predicted molar refractivity (Wildman–Crippen MR) is 141 cm³/mol. The largest absolute Gasteiger partial charge is 0.138 e. The molecule has 0 heterocycles. The molecule has 1 aromatic carbocycles. The Balaban J connectivity index is 1.78. The number of allylic oxidation sites excluding steroid dienone is 4. The molecule has 0 nitrogen and oxygen atoms in total. The van der Waals surface area contributed by atoms with Crippen molar-refractivity contribution in [2.45, 2.75) is 67.2 Å². The van der Waals surface area contributed by atoms with Crippen LogP contribution in [0.15, 0.2) is 54.6 Å². The second-order valence-corrected chi connectivity index (χ2v) is 10.1. The van der Waals surface area contributed by atoms with Gasteiger partial charge in [-0.05, 0) is 80.5 Å². The van der Waals surface area contributed by atoms with E-state index in [1.54, 1.807) is 0 Å². The van der Waals surface area contributed by atoms with E-state index in [9.17, 15) is 0 Å². The Bertz CT molecular complexity index is 1220. The number of fused-ring (bicyclic) bond motifs is 2. The highest BCUT2D eigenvalue weighted by Crippen LogP contribution is 2.40. The van der Waals surface area contributed by atoms with Gasteiger partial charge in [0, 0.05) is 34.4 Å². The van der Waals surface area contributed by atoms with Gasteiger partial charge in [0.1, 0.15) is 16.7 Å². The van der Waals surface area contributed by atoms with Crippen molar-refractivity contribution in [3.8, 4) is 11.1 Å². The minimum absolute atomic E-state index is 0.524. The molecule has 0 radical (unpaired) electrons. The molecule has 0 unspecified atom stereocenters. The maximum Gasteiger partial charge on any atom is 0.138 e. The molecule has 0 saturated carbocycles. The Kier molecular flexibility index (Phi) is 5.99. The van der Waals surface area contributed by atoms with Crippen LogP contribution < -0.4 is 0 Å². The number of rotatable bonds is 4. The van der Waals surface area contributed by atoms with E-state index in [-0.39, 0.29) is 0 Å². The van der Waals surface area contributed by atoms with Crippen LogP contribution in [0.5, 0.6) is 0 Å². The Labute approximate surface area is 195 Å². The summed E-state index contributed by atoms with van der Waals surface area (Å²) in [5.74, 6) is 1.05. The average molecular weight is 421 g/mol. The van der Waals surface area contributed by atoms with E-state index in [4.69, 9.17) is 0 Å². The van der Waals surface area contributed by atoms with E-state index in [0.29, 0.717) is 11.8 Å². The second kappa shape index (κ2) is 8.58. The van der Waals surface area contributed by atoms with Crippen molar-refractivity contribution in [3.63, 3.8) is 0 Å². The lowest BCUT2D eigenvalue weighted by atomic mass is 9.97. The van der Waals surface area contributed by atoms with Crippen molar-refractivity contribution in [2.24, 2.45) is 0 Å². The quantitative estimate of drug-likeness (QED) is 0.369. The molecule has 0 aromatic heterocycles. The molecule has 3 aliphatic rings. The van der Waals surface area contributed by atoms with Crippen molar-refractivity contribution in [2.75, 3.05) is 0 Å². The molecular weight excluding hydrogens is 384 g/mol. The van der Waals surface area contributed by atoms with Gasteiger partial charge in [0.05, 0.1) is 29.7 Å². The summed E-state index contributed by atoms with van der Waals surface area (Å²) < 4.78 is 0. The zero-order valence-corrected chi connectivity index (χ0v) is 20.9. The van der Waals surface area contributed by atoms with Crippen molar-refractivity contribution in [1.29, 1.82) is 0 Å². The summed E-state index contributed by atoms with van der Waals surface area (Å²) in [5, 5.41) is 0. The lowest BCUT2D eigenvalue weighted by Crippen LogP contribution is -1.87. The minimum atomic E-state index is 0.524. The third-order valence-electron chi connectivity index (χ3n) is 6.95. The van der Waals surface area contributed by atoms with Gasteiger partial charge in [-0.1, -0.05) is 33.8 Å². The molecule has 162 valence electrons. The molecule has 1 aromatic rings. The van der Waals surface area contributed by atoms with E-state index in [1.807, 2.05) is 0 Å². The van der Waals surface area contributed by atoms with E-state index in [0.717, 1.165) is 0 Å². The average Bonchev–Trinajstić information content (AvgIpc) is 3.04. The fourth-order valence-corrected chi connectivity index (χ4v) is 4.92. The smallest absolute Gasteiger partial charge is 0.0587 e. The van der Waals surface area contributed by atoms with E-state index in [2.05, 4.69) is 116 Å². The zero-order valence-electron chi connectivity index (χ0n) is 20.9. The van der Waals surface area contributed by atoms with Gasteiger partial charge >= 0.3 is 0 Å². The van der Waals surface area contributed by atoms with Crippen LogP contribution in [0.4, 0.5) is 0 Å². The topological polar surface area (TPSA) is 0 Å². The van der Waals surface area contributed by atoms with Gasteiger partial charge < -0.3 is 0 Å². The summed E-state index contributed by atoms with van der Waals surface area (Å²) in [6.07, 6.45) is 6.99. The lowest BCUT2D eigenvalue weighted by Gasteiger charge is -2.02. The molecule has 32 heavy (non-hydrogen) atoms. The molecule has 0 bridgehead atoms. The van der Waals surface area contributed by atoms with Crippen molar-refractivity contribution < 1.29 is 0 Å². The predicted octanol–water partition coefficient (Wildman–Crippen LogP) is 9.30. The third kappa shape index (κ3) is 3.99. The van der Waals surface area contributed by atoms with Gasteiger partial charge in [-0.3, -0.25) is 0 Å². The Morgan fingerprint density at radius 1 is 0.781 bits per heavy atom. The molecule has 0 amide bonds. The SMILES string of the molecule is CC1=C/C(=C\[CH+]c2cc(C)c3cc(C(C)C)ccc(C)c2-3)[c+]2c(C)ccc(C(C)C)cc21. The molecule has 0 fully saturated rings. The van der Waals surface area contributed by atoms with Gasteiger partial charge in [0.25, 0.3) is 0 Å². The molecule has 0 atom stereocenters. The van der Waals surface area contributed by atoms with Crippen molar-refractivity contribution >= 4 is 11.1 Å². The van der Waals surface area contributed by atoms with Crippen LogP contribution in [-0.2, 0) is 0 Å². The fraction of sp³-hybridized carbons (Fsp3) is 0.312. The second-order valence-electron chi connectivity index (χ2n) is 10.1. The Morgan fingerprint density at radius 2 is 1.44 bits per heavy atom. The third-order valence-corrected chi connectivity index (χ3v) is 6.95. The van der Waals surface area contributed by atoms with Crippen LogP contribution in [0.3, 0.4) is 0 Å². The summed E-state index contributed by atoms with van der Waals surface area (Å²) in [4.78, 5) is 0. The summed E-state index contributed by atoms with van der Waals surface area (Å²) in [7, 11) is 0. The Morgan fingerprint density at radius 3 is 2.12 bits per heavy atom. The maximum atomic E-state index is 2.39. The summed E-state index contributed by atoms with van der Waals surface area (Å²) >= 11 is 0. The molecule has 4 rings (SSSR count). The normalized spacial score (nSPS) is 14.4. The van der Waals surface area contributed by atoms with Gasteiger partial charge in [-0.25, -0.2) is 0 Å². The Hall–Kier alpha value is -2.86. The van der Waals surface area contributed by atoms with Gasteiger partial charge in [-0.15, -0.1) is 0 Å². The first kappa shape index (κ1) is 22.3. The molecule has 0 saturated heterocycles. The van der Waals surface area contributed by atoms with E-state index in [1.165, 1.54) is 66.8 Å². The van der Waals surface area contributed by atoms with E-state index < -0.39 is 0 Å².